The van der Waals surface area contributed by atoms with Crippen LogP contribution >= 0.6 is 0 Å². The molecular formula is C26H25N3O2. The first-order chi connectivity index (χ1) is 15.0. The third kappa shape index (κ3) is 4.83. The molecule has 5 nitrogen and oxygen atoms in total. The molecule has 0 saturated heterocycles. The zero-order chi connectivity index (χ0) is 21.8. The van der Waals surface area contributed by atoms with Gasteiger partial charge in [0.2, 0.25) is 5.91 Å². The van der Waals surface area contributed by atoms with E-state index in [2.05, 4.69) is 10.4 Å². The van der Waals surface area contributed by atoms with Crippen molar-refractivity contribution in [3.63, 3.8) is 0 Å². The monoisotopic (exact) mass is 411 g/mol. The van der Waals surface area contributed by atoms with Crippen molar-refractivity contribution in [2.75, 3.05) is 5.32 Å². The normalized spacial score (nSPS) is 10.7. The minimum absolute atomic E-state index is 0.0778. The molecule has 5 heteroatoms. The highest BCUT2D eigenvalue weighted by molar-refractivity contribution is 5.92. The van der Waals surface area contributed by atoms with Crippen molar-refractivity contribution in [2.45, 2.75) is 27.2 Å². The lowest BCUT2D eigenvalue weighted by Gasteiger charge is -2.09. The Balaban J connectivity index is 1.41. The molecule has 1 N–H and O–H groups in total. The van der Waals surface area contributed by atoms with Crippen molar-refractivity contribution in [1.82, 2.24) is 9.78 Å². The number of amides is 1. The number of aryl methyl sites for hydroxylation is 2. The summed E-state index contributed by atoms with van der Waals surface area (Å²) in [7, 11) is 0. The number of anilines is 1. The molecule has 1 heterocycles. The number of rotatable bonds is 6. The van der Waals surface area contributed by atoms with Crippen molar-refractivity contribution in [1.29, 1.82) is 0 Å². The standard InChI is InChI=1S/C26H25N3O2/c1-18-9-13-23(14-10-18)31-24-15-11-21(12-16-24)27-26(30)17-25-19(2)28-29(20(25)3)22-7-5-4-6-8-22/h4-16H,17H2,1-3H3,(H,27,30). The molecule has 0 aliphatic carbocycles. The fourth-order valence-corrected chi connectivity index (χ4v) is 3.47. The molecule has 1 aromatic heterocycles. The third-order valence-electron chi connectivity index (χ3n) is 5.17. The van der Waals surface area contributed by atoms with Crippen LogP contribution < -0.4 is 10.1 Å². The average molecular weight is 412 g/mol. The van der Waals surface area contributed by atoms with E-state index in [1.54, 1.807) is 0 Å². The van der Waals surface area contributed by atoms with E-state index in [0.717, 1.165) is 39.8 Å². The Bertz CT molecular complexity index is 1180. The summed E-state index contributed by atoms with van der Waals surface area (Å²) in [5.41, 5.74) is 5.68. The van der Waals surface area contributed by atoms with Gasteiger partial charge in [0.1, 0.15) is 11.5 Å². The lowest BCUT2D eigenvalue weighted by Crippen LogP contribution is -2.15. The lowest BCUT2D eigenvalue weighted by atomic mass is 10.1. The molecule has 0 aliphatic heterocycles. The van der Waals surface area contributed by atoms with Crippen molar-refractivity contribution in [3.05, 3.63) is 101 Å². The Morgan fingerprint density at radius 1 is 0.871 bits per heavy atom. The Labute approximate surface area is 182 Å². The van der Waals surface area contributed by atoms with Gasteiger partial charge in [-0.25, -0.2) is 4.68 Å². The predicted molar refractivity (Wildman–Crippen MR) is 123 cm³/mol. The van der Waals surface area contributed by atoms with E-state index >= 15 is 0 Å². The number of hydrogen-bond acceptors (Lipinski definition) is 3. The molecule has 0 unspecified atom stereocenters. The predicted octanol–water partition coefficient (Wildman–Crippen LogP) is 5.77. The van der Waals surface area contributed by atoms with E-state index in [4.69, 9.17) is 4.74 Å². The van der Waals surface area contributed by atoms with Crippen LogP contribution in [-0.2, 0) is 11.2 Å². The van der Waals surface area contributed by atoms with Gasteiger partial charge in [-0.05, 0) is 69.3 Å². The fraction of sp³-hybridized carbons (Fsp3) is 0.154. The second kappa shape index (κ2) is 8.88. The van der Waals surface area contributed by atoms with Gasteiger partial charge in [-0.3, -0.25) is 4.79 Å². The first kappa shape index (κ1) is 20.4. The molecule has 0 fully saturated rings. The number of nitrogens with zero attached hydrogens (tertiary/aromatic N) is 2. The quantitative estimate of drug-likeness (QED) is 0.438. The fourth-order valence-electron chi connectivity index (χ4n) is 3.47. The topological polar surface area (TPSA) is 56.1 Å². The Hall–Kier alpha value is -3.86. The molecule has 31 heavy (non-hydrogen) atoms. The number of carbonyl (C=O) groups is 1. The van der Waals surface area contributed by atoms with Gasteiger partial charge in [0.15, 0.2) is 0 Å². The molecule has 4 aromatic rings. The number of ether oxygens (including phenoxy) is 1. The molecule has 0 radical (unpaired) electrons. The molecule has 0 bridgehead atoms. The van der Waals surface area contributed by atoms with E-state index in [-0.39, 0.29) is 12.3 Å². The van der Waals surface area contributed by atoms with Gasteiger partial charge in [0.25, 0.3) is 0 Å². The van der Waals surface area contributed by atoms with Gasteiger partial charge in [0.05, 0.1) is 17.8 Å². The smallest absolute Gasteiger partial charge is 0.228 e. The Kier molecular flexibility index (Phi) is 5.85. The Morgan fingerprint density at radius 3 is 2.13 bits per heavy atom. The van der Waals surface area contributed by atoms with Crippen LogP contribution in [0.1, 0.15) is 22.5 Å². The zero-order valence-electron chi connectivity index (χ0n) is 17.9. The number of hydrogen-bond donors (Lipinski definition) is 1. The third-order valence-corrected chi connectivity index (χ3v) is 5.17. The highest BCUT2D eigenvalue weighted by Gasteiger charge is 2.16. The number of para-hydroxylation sites is 1. The van der Waals surface area contributed by atoms with Crippen LogP contribution in [0, 0.1) is 20.8 Å². The maximum Gasteiger partial charge on any atom is 0.228 e. The summed E-state index contributed by atoms with van der Waals surface area (Å²) in [5.74, 6) is 1.42. The maximum atomic E-state index is 12.7. The summed E-state index contributed by atoms with van der Waals surface area (Å²) in [6.45, 7) is 5.97. The van der Waals surface area contributed by atoms with E-state index in [1.807, 2.05) is 104 Å². The number of carbonyl (C=O) groups excluding carboxylic acids is 1. The largest absolute Gasteiger partial charge is 0.457 e. The van der Waals surface area contributed by atoms with E-state index < -0.39 is 0 Å². The average Bonchev–Trinajstić information content (AvgIpc) is 3.05. The minimum atomic E-state index is -0.0778. The van der Waals surface area contributed by atoms with E-state index in [9.17, 15) is 4.79 Å². The molecule has 1 amide bonds. The summed E-state index contributed by atoms with van der Waals surface area (Å²) in [5, 5.41) is 7.58. The van der Waals surface area contributed by atoms with Crippen molar-refractivity contribution >= 4 is 11.6 Å². The molecule has 0 saturated carbocycles. The van der Waals surface area contributed by atoms with Crippen LogP contribution in [0.5, 0.6) is 11.5 Å². The Morgan fingerprint density at radius 2 is 1.48 bits per heavy atom. The summed E-state index contributed by atoms with van der Waals surface area (Å²) in [4.78, 5) is 12.7. The second-order valence-corrected chi connectivity index (χ2v) is 7.56. The maximum absolute atomic E-state index is 12.7. The van der Waals surface area contributed by atoms with Gasteiger partial charge in [-0.1, -0.05) is 35.9 Å². The second-order valence-electron chi connectivity index (χ2n) is 7.56. The van der Waals surface area contributed by atoms with Gasteiger partial charge < -0.3 is 10.1 Å². The lowest BCUT2D eigenvalue weighted by molar-refractivity contribution is -0.115. The van der Waals surface area contributed by atoms with Crippen LogP contribution in [0.15, 0.2) is 78.9 Å². The van der Waals surface area contributed by atoms with Crippen LogP contribution in [0.25, 0.3) is 5.69 Å². The van der Waals surface area contributed by atoms with Crippen molar-refractivity contribution < 1.29 is 9.53 Å². The van der Waals surface area contributed by atoms with Crippen LogP contribution in [-0.4, -0.2) is 15.7 Å². The van der Waals surface area contributed by atoms with Crippen LogP contribution in [0.3, 0.4) is 0 Å². The molecule has 4 rings (SSSR count). The number of nitrogens with one attached hydrogen (secondary N) is 1. The first-order valence-electron chi connectivity index (χ1n) is 10.2. The molecule has 0 spiro atoms. The molecule has 0 atom stereocenters. The summed E-state index contributed by atoms with van der Waals surface area (Å²) in [6.07, 6.45) is 0.270. The van der Waals surface area contributed by atoms with Crippen LogP contribution in [0.2, 0.25) is 0 Å². The SMILES string of the molecule is Cc1ccc(Oc2ccc(NC(=O)Cc3c(C)nn(-c4ccccc4)c3C)cc2)cc1. The highest BCUT2D eigenvalue weighted by atomic mass is 16.5. The van der Waals surface area contributed by atoms with Crippen molar-refractivity contribution in [3.8, 4) is 17.2 Å². The highest BCUT2D eigenvalue weighted by Crippen LogP contribution is 2.24. The van der Waals surface area contributed by atoms with E-state index in [1.165, 1.54) is 5.56 Å². The molecule has 0 aliphatic rings. The zero-order valence-corrected chi connectivity index (χ0v) is 17.9. The van der Waals surface area contributed by atoms with Gasteiger partial charge in [0, 0.05) is 16.9 Å². The molecule has 156 valence electrons. The van der Waals surface area contributed by atoms with E-state index in [0.29, 0.717) is 0 Å². The summed E-state index contributed by atoms with van der Waals surface area (Å²) >= 11 is 0. The first-order valence-corrected chi connectivity index (χ1v) is 10.2. The minimum Gasteiger partial charge on any atom is -0.457 e. The summed E-state index contributed by atoms with van der Waals surface area (Å²) in [6, 6.07) is 25.2. The van der Waals surface area contributed by atoms with Crippen molar-refractivity contribution in [2.24, 2.45) is 0 Å². The summed E-state index contributed by atoms with van der Waals surface area (Å²) < 4.78 is 7.73. The molecule has 3 aromatic carbocycles. The number of aromatic nitrogens is 2. The van der Waals surface area contributed by atoms with Gasteiger partial charge in [-0.15, -0.1) is 0 Å². The van der Waals surface area contributed by atoms with Gasteiger partial charge in [-0.2, -0.15) is 5.10 Å². The number of benzene rings is 3. The van der Waals surface area contributed by atoms with Crippen LogP contribution in [0.4, 0.5) is 5.69 Å². The van der Waals surface area contributed by atoms with Gasteiger partial charge >= 0.3 is 0 Å². The molecular weight excluding hydrogens is 386 g/mol.